The number of fused-ring (bicyclic) bond motifs is 1. The number of hydrogen-bond donors (Lipinski definition) is 3. The van der Waals surface area contributed by atoms with Gasteiger partial charge in [-0.3, -0.25) is 4.79 Å². The summed E-state index contributed by atoms with van der Waals surface area (Å²) in [4.78, 5) is 12.7. The van der Waals surface area contributed by atoms with Gasteiger partial charge in [-0.25, -0.2) is 0 Å². The molecule has 33 heavy (non-hydrogen) atoms. The summed E-state index contributed by atoms with van der Waals surface area (Å²) in [5.74, 6) is -0.0154. The van der Waals surface area contributed by atoms with Crippen molar-refractivity contribution in [2.45, 2.75) is 38.9 Å². The Morgan fingerprint density at radius 1 is 1.09 bits per heavy atom. The van der Waals surface area contributed by atoms with Crippen LogP contribution < -0.4 is 10.1 Å². The van der Waals surface area contributed by atoms with Crippen LogP contribution in [-0.2, 0) is 15.1 Å². The third kappa shape index (κ3) is 4.87. The summed E-state index contributed by atoms with van der Waals surface area (Å²) in [6.07, 6.45) is 7.49. The maximum atomic E-state index is 12.7. The lowest BCUT2D eigenvalue weighted by molar-refractivity contribution is -0.142. The van der Waals surface area contributed by atoms with Crippen molar-refractivity contribution >= 4 is 17.7 Å². The van der Waals surface area contributed by atoms with E-state index in [1.54, 1.807) is 49.6 Å². The number of ether oxygens (including phenoxy) is 2. The summed E-state index contributed by atoms with van der Waals surface area (Å²) in [5, 5.41) is 25.9. The first-order chi connectivity index (χ1) is 15.7. The number of anilines is 1. The first-order valence-electron chi connectivity index (χ1n) is 10.8. The largest absolute Gasteiger partial charge is 0.507 e. The number of allylic oxidation sites excluding steroid dienone is 5. The maximum absolute atomic E-state index is 12.7. The van der Waals surface area contributed by atoms with Crippen LogP contribution in [0.15, 0.2) is 65.8 Å². The Morgan fingerprint density at radius 3 is 2.39 bits per heavy atom. The highest BCUT2D eigenvalue weighted by molar-refractivity contribution is 6.00. The average molecular weight is 450 g/mol. The van der Waals surface area contributed by atoms with Crippen molar-refractivity contribution in [3.05, 3.63) is 82.5 Å². The van der Waals surface area contributed by atoms with Gasteiger partial charge in [-0.1, -0.05) is 47.6 Å². The van der Waals surface area contributed by atoms with Crippen molar-refractivity contribution in [1.82, 2.24) is 0 Å². The van der Waals surface area contributed by atoms with Crippen LogP contribution in [0.2, 0.25) is 0 Å². The molecule has 174 valence electrons. The van der Waals surface area contributed by atoms with Crippen molar-refractivity contribution in [3.63, 3.8) is 0 Å². The molecule has 0 radical (unpaired) electrons. The summed E-state index contributed by atoms with van der Waals surface area (Å²) in [6, 6.07) is 10.1. The molecule has 3 N–H and O–H groups in total. The SMILES string of the molecule is COc1ccc([C@@]2(O)c3c(ccc(/C=C/C(C)=C/CC=C(C)C)c3O)NC(=O)[C@@H]2OC)cc1. The fourth-order valence-corrected chi connectivity index (χ4v) is 3.94. The zero-order valence-corrected chi connectivity index (χ0v) is 19.7. The van der Waals surface area contributed by atoms with Crippen LogP contribution in [0.4, 0.5) is 5.69 Å². The molecule has 0 unspecified atom stereocenters. The molecule has 0 bridgehead atoms. The smallest absolute Gasteiger partial charge is 0.257 e. The average Bonchev–Trinajstić information content (AvgIpc) is 2.78. The predicted molar refractivity (Wildman–Crippen MR) is 130 cm³/mol. The van der Waals surface area contributed by atoms with E-state index >= 15 is 0 Å². The molecule has 1 amide bonds. The molecule has 0 fully saturated rings. The van der Waals surface area contributed by atoms with Gasteiger partial charge < -0.3 is 25.0 Å². The van der Waals surface area contributed by atoms with Crippen LogP contribution in [0, 0.1) is 0 Å². The van der Waals surface area contributed by atoms with Gasteiger partial charge in [0.2, 0.25) is 0 Å². The molecule has 2 aromatic rings. The highest BCUT2D eigenvalue weighted by atomic mass is 16.5. The molecule has 1 heterocycles. The standard InChI is InChI=1S/C27H31NO5/c1-17(2)7-6-8-18(3)9-10-19-11-16-22-23(24(19)29)27(31,25(33-5)26(30)28-22)20-12-14-21(32-4)15-13-20/h7-16,25,29,31H,6H2,1-5H3,(H,28,30)/b10-9+,18-8+/t25-,27+/m0/s1. The second-order valence-electron chi connectivity index (χ2n) is 8.32. The second kappa shape index (κ2) is 10.1. The van der Waals surface area contributed by atoms with Crippen molar-refractivity contribution in [3.8, 4) is 11.5 Å². The highest BCUT2D eigenvalue weighted by Gasteiger charge is 2.51. The molecular formula is C27H31NO5. The van der Waals surface area contributed by atoms with E-state index in [1.807, 2.05) is 13.0 Å². The molecular weight excluding hydrogens is 418 g/mol. The van der Waals surface area contributed by atoms with E-state index in [4.69, 9.17) is 9.47 Å². The Bertz CT molecular complexity index is 1110. The summed E-state index contributed by atoms with van der Waals surface area (Å²) in [6.45, 7) is 6.10. The van der Waals surface area contributed by atoms with Gasteiger partial charge in [0.25, 0.3) is 5.91 Å². The van der Waals surface area contributed by atoms with E-state index in [0.717, 1.165) is 12.0 Å². The topological polar surface area (TPSA) is 88.0 Å². The predicted octanol–water partition coefficient (Wildman–Crippen LogP) is 4.92. The number of amides is 1. The quantitative estimate of drug-likeness (QED) is 0.413. The van der Waals surface area contributed by atoms with Crippen molar-refractivity contribution < 1.29 is 24.5 Å². The zero-order valence-electron chi connectivity index (χ0n) is 19.7. The summed E-state index contributed by atoms with van der Waals surface area (Å²) < 4.78 is 10.6. The van der Waals surface area contributed by atoms with Crippen LogP contribution in [0.3, 0.4) is 0 Å². The molecule has 2 aromatic carbocycles. The number of phenolic OH excluding ortho intramolecular Hbond substituents is 1. The number of nitrogens with one attached hydrogen (secondary N) is 1. The zero-order chi connectivity index (χ0) is 24.2. The molecule has 0 spiro atoms. The Hall–Kier alpha value is -3.35. The molecule has 0 saturated heterocycles. The second-order valence-corrected chi connectivity index (χ2v) is 8.32. The van der Waals surface area contributed by atoms with E-state index < -0.39 is 17.6 Å². The lowest BCUT2D eigenvalue weighted by Crippen LogP contribution is -2.52. The molecule has 1 aliphatic heterocycles. The Kier molecular flexibility index (Phi) is 7.41. The number of hydrogen-bond acceptors (Lipinski definition) is 5. The Balaban J connectivity index is 2.10. The monoisotopic (exact) mass is 449 g/mol. The maximum Gasteiger partial charge on any atom is 0.257 e. The van der Waals surface area contributed by atoms with Gasteiger partial charge in [-0.05, 0) is 57.0 Å². The highest BCUT2D eigenvalue weighted by Crippen LogP contribution is 2.48. The van der Waals surface area contributed by atoms with Gasteiger partial charge in [0.1, 0.15) is 11.5 Å². The lowest BCUT2D eigenvalue weighted by atomic mass is 9.76. The van der Waals surface area contributed by atoms with Gasteiger partial charge >= 0.3 is 0 Å². The molecule has 6 heteroatoms. The number of carbonyl (C=O) groups excluding carboxylic acids is 1. The van der Waals surface area contributed by atoms with Crippen molar-refractivity contribution in [2.75, 3.05) is 19.5 Å². The first kappa shape index (κ1) is 24.3. The van der Waals surface area contributed by atoms with Gasteiger partial charge in [-0.2, -0.15) is 0 Å². The number of benzene rings is 2. The van der Waals surface area contributed by atoms with Crippen LogP contribution in [0.5, 0.6) is 11.5 Å². The van der Waals surface area contributed by atoms with Crippen molar-refractivity contribution in [2.24, 2.45) is 0 Å². The minimum Gasteiger partial charge on any atom is -0.507 e. The summed E-state index contributed by atoms with van der Waals surface area (Å²) in [5.41, 5.74) is 1.83. The van der Waals surface area contributed by atoms with Crippen LogP contribution in [-0.4, -0.2) is 36.4 Å². The molecule has 0 aliphatic carbocycles. The number of rotatable bonds is 7. The van der Waals surface area contributed by atoms with Crippen molar-refractivity contribution in [1.29, 1.82) is 0 Å². The van der Waals surface area contributed by atoms with Crippen LogP contribution in [0.1, 0.15) is 43.9 Å². The van der Waals surface area contributed by atoms with Crippen LogP contribution >= 0.6 is 0 Å². The van der Waals surface area contributed by atoms with E-state index in [-0.39, 0.29) is 11.3 Å². The Labute approximate surface area is 194 Å². The molecule has 6 nitrogen and oxygen atoms in total. The summed E-state index contributed by atoms with van der Waals surface area (Å²) >= 11 is 0. The van der Waals surface area contributed by atoms with Gasteiger partial charge in [-0.15, -0.1) is 0 Å². The molecule has 3 rings (SSSR count). The number of aromatic hydroxyl groups is 1. The fraction of sp³-hybridized carbons (Fsp3) is 0.296. The van der Waals surface area contributed by atoms with Crippen LogP contribution in [0.25, 0.3) is 6.08 Å². The number of methoxy groups -OCH3 is 2. The Morgan fingerprint density at radius 2 is 1.79 bits per heavy atom. The summed E-state index contributed by atoms with van der Waals surface area (Å²) in [7, 11) is 2.90. The number of aliphatic hydroxyl groups is 1. The van der Waals surface area contributed by atoms with Gasteiger partial charge in [0.05, 0.1) is 18.4 Å². The normalized spacial score (nSPS) is 20.4. The molecule has 2 atom stereocenters. The van der Waals surface area contributed by atoms with Gasteiger partial charge in [0, 0.05) is 12.7 Å². The van der Waals surface area contributed by atoms with E-state index in [1.165, 1.54) is 12.7 Å². The minimum atomic E-state index is -1.90. The fourth-order valence-electron chi connectivity index (χ4n) is 3.94. The molecule has 1 aliphatic rings. The lowest BCUT2D eigenvalue weighted by Gasteiger charge is -2.40. The van der Waals surface area contributed by atoms with E-state index in [0.29, 0.717) is 22.6 Å². The number of carbonyl (C=O) groups is 1. The number of phenols is 1. The molecule has 0 saturated carbocycles. The van der Waals surface area contributed by atoms with E-state index in [2.05, 4.69) is 31.3 Å². The van der Waals surface area contributed by atoms with E-state index in [9.17, 15) is 15.0 Å². The molecule has 0 aromatic heterocycles. The van der Waals surface area contributed by atoms with Gasteiger partial charge in [0.15, 0.2) is 11.7 Å². The third-order valence-corrected chi connectivity index (χ3v) is 5.72. The minimum absolute atomic E-state index is 0.124. The third-order valence-electron chi connectivity index (χ3n) is 5.72. The first-order valence-corrected chi connectivity index (χ1v) is 10.8.